The monoisotopic (exact) mass is 198 g/mol. The average molecular weight is 199 g/mol. The van der Waals surface area contributed by atoms with Gasteiger partial charge in [-0.25, -0.2) is 4.39 Å². The maximum absolute atomic E-state index is 12.7. The van der Waals surface area contributed by atoms with E-state index >= 15 is 0 Å². The lowest BCUT2D eigenvalue weighted by Gasteiger charge is -2.01. The first-order valence-electron chi connectivity index (χ1n) is 4.13. The minimum Gasteiger partial charge on any atom is -0.207 e. The smallest absolute Gasteiger partial charge is 0.123 e. The van der Waals surface area contributed by atoms with Gasteiger partial charge in [-0.3, -0.25) is 0 Å². The van der Waals surface area contributed by atoms with E-state index in [1.807, 2.05) is 19.9 Å². The highest BCUT2D eigenvalue weighted by atomic mass is 35.5. The number of hydrogen-bond acceptors (Lipinski definition) is 0. The van der Waals surface area contributed by atoms with Gasteiger partial charge in [0.1, 0.15) is 5.82 Å². The molecule has 1 aromatic rings. The van der Waals surface area contributed by atoms with Gasteiger partial charge in [0.2, 0.25) is 0 Å². The van der Waals surface area contributed by atoms with E-state index in [4.69, 9.17) is 11.6 Å². The molecule has 1 aromatic carbocycles. The van der Waals surface area contributed by atoms with E-state index in [9.17, 15) is 4.39 Å². The Kier molecular flexibility index (Phi) is 3.49. The molecule has 0 aliphatic heterocycles. The SMILES string of the molecule is C/C(=C/c1ccc(F)cc1C)CCl. The van der Waals surface area contributed by atoms with Gasteiger partial charge in [-0.15, -0.1) is 11.6 Å². The van der Waals surface area contributed by atoms with Gasteiger partial charge in [-0.05, 0) is 37.1 Å². The lowest BCUT2D eigenvalue weighted by molar-refractivity contribution is 0.626. The van der Waals surface area contributed by atoms with Crippen molar-refractivity contribution >= 4 is 17.7 Å². The third kappa shape index (κ3) is 2.85. The summed E-state index contributed by atoms with van der Waals surface area (Å²) in [5, 5.41) is 0. The van der Waals surface area contributed by atoms with E-state index in [0.29, 0.717) is 5.88 Å². The molecule has 0 amide bonds. The van der Waals surface area contributed by atoms with Gasteiger partial charge in [0.15, 0.2) is 0 Å². The van der Waals surface area contributed by atoms with Gasteiger partial charge in [0, 0.05) is 5.88 Å². The number of aryl methyl sites for hydroxylation is 1. The molecule has 0 spiro atoms. The van der Waals surface area contributed by atoms with Gasteiger partial charge >= 0.3 is 0 Å². The number of rotatable bonds is 2. The van der Waals surface area contributed by atoms with Crippen LogP contribution >= 0.6 is 11.6 Å². The van der Waals surface area contributed by atoms with Gasteiger partial charge in [0.25, 0.3) is 0 Å². The molecular formula is C11H12ClF. The lowest BCUT2D eigenvalue weighted by atomic mass is 10.1. The van der Waals surface area contributed by atoms with E-state index < -0.39 is 0 Å². The van der Waals surface area contributed by atoms with Crippen molar-refractivity contribution in [1.29, 1.82) is 0 Å². The predicted molar refractivity (Wildman–Crippen MR) is 55.5 cm³/mol. The Hall–Kier alpha value is -0.820. The molecule has 0 aliphatic carbocycles. The molecule has 0 bridgehead atoms. The molecule has 0 fully saturated rings. The Labute approximate surface area is 83.0 Å². The normalized spacial score (nSPS) is 11.8. The summed E-state index contributed by atoms with van der Waals surface area (Å²) < 4.78 is 12.7. The van der Waals surface area contributed by atoms with Crippen LogP contribution in [0.5, 0.6) is 0 Å². The van der Waals surface area contributed by atoms with Crippen LogP contribution in [0.4, 0.5) is 4.39 Å². The number of halogens is 2. The van der Waals surface area contributed by atoms with Crippen LogP contribution in [0.15, 0.2) is 23.8 Å². The molecule has 2 heteroatoms. The van der Waals surface area contributed by atoms with E-state index in [0.717, 1.165) is 16.7 Å². The number of alkyl halides is 1. The molecule has 0 aromatic heterocycles. The maximum atomic E-state index is 12.7. The van der Waals surface area contributed by atoms with Crippen molar-refractivity contribution in [3.05, 3.63) is 40.7 Å². The molecule has 0 radical (unpaired) electrons. The highest BCUT2D eigenvalue weighted by Gasteiger charge is 1.97. The second kappa shape index (κ2) is 4.43. The average Bonchev–Trinajstić information content (AvgIpc) is 2.09. The zero-order valence-electron chi connectivity index (χ0n) is 7.77. The minimum atomic E-state index is -0.196. The quantitative estimate of drug-likeness (QED) is 0.635. The standard InChI is InChI=1S/C11H12ClF/c1-8(7-12)5-10-3-4-11(13)6-9(10)2/h3-6H,7H2,1-2H3/b8-5-. The fraction of sp³-hybridized carbons (Fsp3) is 0.273. The molecule has 0 nitrogen and oxygen atoms in total. The molecule has 0 N–H and O–H groups in total. The van der Waals surface area contributed by atoms with E-state index in [1.165, 1.54) is 12.1 Å². The molecule has 0 unspecified atom stereocenters. The molecule has 0 saturated heterocycles. The van der Waals surface area contributed by atoms with Gasteiger partial charge < -0.3 is 0 Å². The van der Waals surface area contributed by atoms with Crippen molar-refractivity contribution in [2.24, 2.45) is 0 Å². The van der Waals surface area contributed by atoms with Crippen LogP contribution in [0.25, 0.3) is 6.08 Å². The topological polar surface area (TPSA) is 0 Å². The predicted octanol–water partition coefficient (Wildman–Crippen LogP) is 3.78. The minimum absolute atomic E-state index is 0.196. The van der Waals surface area contributed by atoms with Crippen molar-refractivity contribution in [2.75, 3.05) is 5.88 Å². The van der Waals surface area contributed by atoms with Crippen LogP contribution in [0.1, 0.15) is 18.1 Å². The van der Waals surface area contributed by atoms with Gasteiger partial charge in [-0.1, -0.05) is 17.7 Å². The second-order valence-electron chi connectivity index (χ2n) is 3.13. The third-order valence-corrected chi connectivity index (χ3v) is 2.27. The number of benzene rings is 1. The Morgan fingerprint density at radius 2 is 2.23 bits per heavy atom. The van der Waals surface area contributed by atoms with Crippen molar-refractivity contribution in [1.82, 2.24) is 0 Å². The Morgan fingerprint density at radius 1 is 1.54 bits per heavy atom. The van der Waals surface area contributed by atoms with Crippen molar-refractivity contribution in [2.45, 2.75) is 13.8 Å². The van der Waals surface area contributed by atoms with Crippen LogP contribution in [0, 0.1) is 12.7 Å². The maximum Gasteiger partial charge on any atom is 0.123 e. The molecule has 0 saturated carbocycles. The highest BCUT2D eigenvalue weighted by molar-refractivity contribution is 6.19. The summed E-state index contributed by atoms with van der Waals surface area (Å²) in [6, 6.07) is 4.74. The lowest BCUT2D eigenvalue weighted by Crippen LogP contribution is -1.85. The fourth-order valence-corrected chi connectivity index (χ4v) is 1.18. The van der Waals surface area contributed by atoms with E-state index in [1.54, 1.807) is 6.07 Å². The molecule has 0 aliphatic rings. The van der Waals surface area contributed by atoms with Crippen LogP contribution in [0.3, 0.4) is 0 Å². The summed E-state index contributed by atoms with van der Waals surface area (Å²) in [6.07, 6.45) is 1.97. The largest absolute Gasteiger partial charge is 0.207 e. The molecule has 0 atom stereocenters. The first-order chi connectivity index (χ1) is 6.13. The first-order valence-corrected chi connectivity index (χ1v) is 4.66. The number of allylic oxidation sites excluding steroid dienone is 1. The summed E-state index contributed by atoms with van der Waals surface area (Å²) in [4.78, 5) is 0. The zero-order chi connectivity index (χ0) is 9.84. The van der Waals surface area contributed by atoms with Gasteiger partial charge in [-0.2, -0.15) is 0 Å². The van der Waals surface area contributed by atoms with Crippen LogP contribution in [-0.4, -0.2) is 5.88 Å². The summed E-state index contributed by atoms with van der Waals surface area (Å²) in [7, 11) is 0. The van der Waals surface area contributed by atoms with Crippen molar-refractivity contribution < 1.29 is 4.39 Å². The van der Waals surface area contributed by atoms with Gasteiger partial charge in [0.05, 0.1) is 0 Å². The fourth-order valence-electron chi connectivity index (χ4n) is 1.11. The molecule has 13 heavy (non-hydrogen) atoms. The zero-order valence-corrected chi connectivity index (χ0v) is 8.53. The number of hydrogen-bond donors (Lipinski definition) is 0. The second-order valence-corrected chi connectivity index (χ2v) is 3.39. The highest BCUT2D eigenvalue weighted by Crippen LogP contribution is 2.14. The Bertz CT molecular complexity index is 329. The molecule has 0 heterocycles. The molecule has 1 rings (SSSR count). The first kappa shape index (κ1) is 10.3. The summed E-state index contributed by atoms with van der Waals surface area (Å²) >= 11 is 5.64. The van der Waals surface area contributed by atoms with Crippen LogP contribution in [0.2, 0.25) is 0 Å². The van der Waals surface area contributed by atoms with Crippen LogP contribution < -0.4 is 0 Å². The van der Waals surface area contributed by atoms with E-state index in [-0.39, 0.29) is 5.82 Å². The molecule has 70 valence electrons. The Morgan fingerprint density at radius 3 is 2.77 bits per heavy atom. The van der Waals surface area contributed by atoms with Crippen molar-refractivity contribution in [3.63, 3.8) is 0 Å². The summed E-state index contributed by atoms with van der Waals surface area (Å²) in [6.45, 7) is 3.84. The van der Waals surface area contributed by atoms with Crippen LogP contribution in [-0.2, 0) is 0 Å². The third-order valence-electron chi connectivity index (χ3n) is 1.84. The molecular weight excluding hydrogens is 187 g/mol. The Balaban J connectivity index is 3.03. The summed E-state index contributed by atoms with van der Waals surface area (Å²) in [5.74, 6) is 0.315. The van der Waals surface area contributed by atoms with E-state index in [2.05, 4.69) is 0 Å². The summed E-state index contributed by atoms with van der Waals surface area (Å²) in [5.41, 5.74) is 3.04. The van der Waals surface area contributed by atoms with Crippen molar-refractivity contribution in [3.8, 4) is 0 Å².